The second-order valence-corrected chi connectivity index (χ2v) is 6.68. The molecule has 0 bridgehead atoms. The average Bonchev–Trinajstić information content (AvgIpc) is 3.21. The van der Waals surface area contributed by atoms with Crippen LogP contribution in [0.2, 0.25) is 0 Å². The summed E-state index contributed by atoms with van der Waals surface area (Å²) in [6.45, 7) is 2.28. The standard InChI is InChI=1S/C18H37NO2/c1-2-3-4-5-6-7-8-9-10-11-12-13-14-15-16-17-18(19)20-21-18/h2-17,19H2,1H3. The van der Waals surface area contributed by atoms with Gasteiger partial charge in [0.25, 0.3) is 5.91 Å². The van der Waals surface area contributed by atoms with E-state index in [-0.39, 0.29) is 0 Å². The molecule has 2 N–H and O–H groups in total. The molecule has 0 aromatic rings. The van der Waals surface area contributed by atoms with E-state index in [1.54, 1.807) is 0 Å². The van der Waals surface area contributed by atoms with Crippen LogP contribution in [0.3, 0.4) is 0 Å². The lowest BCUT2D eigenvalue weighted by atomic mass is 10.0. The Hall–Kier alpha value is -0.120. The van der Waals surface area contributed by atoms with Crippen LogP contribution in [0.4, 0.5) is 0 Å². The number of nitrogens with two attached hydrogens (primary N) is 1. The summed E-state index contributed by atoms with van der Waals surface area (Å²) in [7, 11) is 0. The maximum atomic E-state index is 5.66. The predicted molar refractivity (Wildman–Crippen MR) is 88.6 cm³/mol. The number of unbranched alkanes of at least 4 members (excludes halogenated alkanes) is 14. The molecule has 1 saturated heterocycles. The van der Waals surface area contributed by atoms with Crippen LogP contribution in [0.5, 0.6) is 0 Å². The van der Waals surface area contributed by atoms with Crippen LogP contribution >= 0.6 is 0 Å². The van der Waals surface area contributed by atoms with Crippen LogP contribution in [-0.2, 0) is 9.78 Å². The van der Waals surface area contributed by atoms with E-state index in [1.807, 2.05) is 0 Å². The lowest BCUT2D eigenvalue weighted by Crippen LogP contribution is -2.22. The van der Waals surface area contributed by atoms with Crippen LogP contribution in [0.15, 0.2) is 0 Å². The van der Waals surface area contributed by atoms with Crippen molar-refractivity contribution in [1.82, 2.24) is 0 Å². The molecule has 126 valence electrons. The molecule has 1 aliphatic heterocycles. The average molecular weight is 299 g/mol. The molecule has 0 aliphatic carbocycles. The zero-order valence-corrected chi connectivity index (χ0v) is 14.2. The molecule has 0 amide bonds. The molecular weight excluding hydrogens is 262 g/mol. The number of rotatable bonds is 16. The first kappa shape index (κ1) is 18.9. The van der Waals surface area contributed by atoms with Gasteiger partial charge in [0.05, 0.1) is 0 Å². The van der Waals surface area contributed by atoms with Gasteiger partial charge in [-0.25, -0.2) is 0 Å². The van der Waals surface area contributed by atoms with E-state index in [9.17, 15) is 0 Å². The number of hydrogen-bond donors (Lipinski definition) is 1. The van der Waals surface area contributed by atoms with Gasteiger partial charge < -0.3 is 0 Å². The van der Waals surface area contributed by atoms with E-state index in [4.69, 9.17) is 15.5 Å². The highest BCUT2D eigenvalue weighted by Gasteiger charge is 2.43. The van der Waals surface area contributed by atoms with Crippen LogP contribution < -0.4 is 5.73 Å². The van der Waals surface area contributed by atoms with Crippen molar-refractivity contribution in [3.63, 3.8) is 0 Å². The van der Waals surface area contributed by atoms with Gasteiger partial charge in [-0.15, -0.1) is 0 Å². The molecule has 21 heavy (non-hydrogen) atoms. The molecule has 0 aromatic carbocycles. The maximum absolute atomic E-state index is 5.66. The minimum atomic E-state index is -0.712. The topological polar surface area (TPSA) is 51.1 Å². The first-order valence-electron chi connectivity index (χ1n) is 9.42. The van der Waals surface area contributed by atoms with Crippen molar-refractivity contribution in [3.8, 4) is 0 Å². The van der Waals surface area contributed by atoms with Gasteiger partial charge in [-0.1, -0.05) is 96.8 Å². The van der Waals surface area contributed by atoms with Gasteiger partial charge in [0.2, 0.25) is 0 Å². The van der Waals surface area contributed by atoms with Crippen LogP contribution in [0, 0.1) is 0 Å². The van der Waals surface area contributed by atoms with E-state index < -0.39 is 5.91 Å². The Morgan fingerprint density at radius 3 is 1.24 bits per heavy atom. The van der Waals surface area contributed by atoms with Crippen molar-refractivity contribution >= 4 is 0 Å². The van der Waals surface area contributed by atoms with E-state index in [0.717, 1.165) is 12.8 Å². The van der Waals surface area contributed by atoms with Gasteiger partial charge in [0.15, 0.2) is 0 Å². The minimum absolute atomic E-state index is 0.712. The summed E-state index contributed by atoms with van der Waals surface area (Å²) in [4.78, 5) is 9.39. The molecule has 1 heterocycles. The third kappa shape index (κ3) is 12.1. The van der Waals surface area contributed by atoms with Gasteiger partial charge >= 0.3 is 0 Å². The molecule has 0 atom stereocenters. The highest BCUT2D eigenvalue weighted by molar-refractivity contribution is 4.64. The third-order valence-electron chi connectivity index (χ3n) is 4.43. The van der Waals surface area contributed by atoms with Crippen molar-refractivity contribution in [3.05, 3.63) is 0 Å². The highest BCUT2D eigenvalue weighted by atomic mass is 17.4. The van der Waals surface area contributed by atoms with E-state index in [2.05, 4.69) is 6.92 Å². The monoisotopic (exact) mass is 299 g/mol. The third-order valence-corrected chi connectivity index (χ3v) is 4.43. The first-order valence-corrected chi connectivity index (χ1v) is 9.42. The van der Waals surface area contributed by atoms with Gasteiger partial charge in [-0.2, -0.15) is 9.78 Å². The Kier molecular flexibility index (Phi) is 11.2. The summed E-state index contributed by atoms with van der Waals surface area (Å²) >= 11 is 0. The highest BCUT2D eigenvalue weighted by Crippen LogP contribution is 2.28. The lowest BCUT2D eigenvalue weighted by molar-refractivity contribution is 0.0850. The summed E-state index contributed by atoms with van der Waals surface area (Å²) in [5, 5.41) is 0. The normalized spacial score (nSPS) is 16.3. The Bertz CT molecular complexity index is 229. The number of hydrogen-bond acceptors (Lipinski definition) is 3. The Morgan fingerprint density at radius 1 is 0.571 bits per heavy atom. The van der Waals surface area contributed by atoms with Crippen molar-refractivity contribution in [2.24, 2.45) is 5.73 Å². The fourth-order valence-corrected chi connectivity index (χ4v) is 2.88. The SMILES string of the molecule is CCCCCCCCCCCCCCCCCC1(N)OO1. The van der Waals surface area contributed by atoms with Crippen LogP contribution in [-0.4, -0.2) is 5.91 Å². The molecule has 3 nitrogen and oxygen atoms in total. The van der Waals surface area contributed by atoms with Crippen molar-refractivity contribution in [2.75, 3.05) is 0 Å². The molecule has 0 saturated carbocycles. The summed E-state index contributed by atoms with van der Waals surface area (Å²) in [5.74, 6) is -0.712. The molecule has 0 spiro atoms. The van der Waals surface area contributed by atoms with Gasteiger partial charge in [-0.3, -0.25) is 5.73 Å². The molecule has 1 aliphatic rings. The van der Waals surface area contributed by atoms with Gasteiger partial charge in [-0.05, 0) is 6.42 Å². The minimum Gasteiger partial charge on any atom is -0.276 e. The predicted octanol–water partition coefficient (Wildman–Crippen LogP) is 5.82. The second-order valence-electron chi connectivity index (χ2n) is 6.68. The zero-order chi connectivity index (χ0) is 15.2. The fourth-order valence-electron chi connectivity index (χ4n) is 2.88. The second kappa shape index (κ2) is 12.4. The molecule has 1 fully saturated rings. The van der Waals surface area contributed by atoms with Crippen molar-refractivity contribution < 1.29 is 9.78 Å². The fraction of sp³-hybridized carbons (Fsp3) is 1.00. The van der Waals surface area contributed by atoms with Crippen LogP contribution in [0.25, 0.3) is 0 Å². The lowest BCUT2D eigenvalue weighted by Gasteiger charge is -2.03. The molecular formula is C18H37NO2. The Labute approximate surface area is 131 Å². The van der Waals surface area contributed by atoms with E-state index in [0.29, 0.717) is 0 Å². The van der Waals surface area contributed by atoms with E-state index in [1.165, 1.54) is 89.9 Å². The Morgan fingerprint density at radius 2 is 0.905 bits per heavy atom. The summed E-state index contributed by atoms with van der Waals surface area (Å²) in [5.41, 5.74) is 5.66. The molecule has 0 aromatic heterocycles. The molecule has 1 rings (SSSR count). The zero-order valence-electron chi connectivity index (χ0n) is 14.2. The van der Waals surface area contributed by atoms with Crippen molar-refractivity contribution in [1.29, 1.82) is 0 Å². The maximum Gasteiger partial charge on any atom is 0.285 e. The first-order chi connectivity index (χ1) is 10.3. The molecule has 0 unspecified atom stereocenters. The molecule has 3 heteroatoms. The smallest absolute Gasteiger partial charge is 0.276 e. The van der Waals surface area contributed by atoms with Gasteiger partial charge in [0.1, 0.15) is 0 Å². The van der Waals surface area contributed by atoms with Gasteiger partial charge in [0, 0.05) is 6.42 Å². The van der Waals surface area contributed by atoms with E-state index >= 15 is 0 Å². The summed E-state index contributed by atoms with van der Waals surface area (Å²) in [6.07, 6.45) is 21.6. The molecule has 0 radical (unpaired) electrons. The largest absolute Gasteiger partial charge is 0.285 e. The van der Waals surface area contributed by atoms with Crippen LogP contribution in [0.1, 0.15) is 110 Å². The summed E-state index contributed by atoms with van der Waals surface area (Å²) < 4.78 is 0. The van der Waals surface area contributed by atoms with Crippen molar-refractivity contribution in [2.45, 2.75) is 116 Å². The quantitative estimate of drug-likeness (QED) is 0.222. The summed E-state index contributed by atoms with van der Waals surface area (Å²) in [6, 6.07) is 0. The Balaban J connectivity index is 1.63.